The zero-order valence-electron chi connectivity index (χ0n) is 22.7. The minimum atomic E-state index is -0.439. The molecule has 1 atom stereocenters. The molecule has 38 heavy (non-hydrogen) atoms. The Bertz CT molecular complexity index is 1350. The predicted octanol–water partition coefficient (Wildman–Crippen LogP) is 4.74. The molecule has 5 rings (SSSR count). The number of carbonyl (C=O) groups is 2. The molecule has 3 aromatic rings. The second-order valence-electron chi connectivity index (χ2n) is 11.6. The van der Waals surface area contributed by atoms with Crippen molar-refractivity contribution < 1.29 is 23.5 Å². The molecule has 0 saturated carbocycles. The molecule has 0 bridgehead atoms. The Morgan fingerprint density at radius 2 is 1.89 bits per heavy atom. The molecule has 0 radical (unpaired) electrons. The number of benzene rings is 1. The van der Waals surface area contributed by atoms with Gasteiger partial charge in [-0.25, -0.2) is 4.68 Å². The SMILES string of the molecule is CC(C)(C)c1nn(C(C)(C)C)c2c1[C@@H](c1ccc3c(c1)OCO3)SCC(=O)N2CC(=O)NCc1ccco1. The van der Waals surface area contributed by atoms with Crippen LogP contribution in [0.2, 0.25) is 0 Å². The maximum atomic E-state index is 13.7. The van der Waals surface area contributed by atoms with Crippen LogP contribution >= 0.6 is 11.8 Å². The minimum Gasteiger partial charge on any atom is -0.467 e. The van der Waals surface area contributed by atoms with Gasteiger partial charge >= 0.3 is 0 Å². The Morgan fingerprint density at radius 3 is 2.58 bits per heavy atom. The van der Waals surface area contributed by atoms with E-state index in [0.717, 1.165) is 16.8 Å². The molecule has 2 aliphatic heterocycles. The van der Waals surface area contributed by atoms with Gasteiger partial charge in [0.25, 0.3) is 0 Å². The molecule has 0 spiro atoms. The highest BCUT2D eigenvalue weighted by atomic mass is 32.2. The van der Waals surface area contributed by atoms with Crippen molar-refractivity contribution in [2.24, 2.45) is 0 Å². The first-order valence-electron chi connectivity index (χ1n) is 12.7. The van der Waals surface area contributed by atoms with E-state index in [0.29, 0.717) is 23.1 Å². The summed E-state index contributed by atoms with van der Waals surface area (Å²) in [4.78, 5) is 28.4. The van der Waals surface area contributed by atoms with Gasteiger partial charge in [0, 0.05) is 11.0 Å². The number of fused-ring (bicyclic) bond motifs is 2. The Labute approximate surface area is 226 Å². The highest BCUT2D eigenvalue weighted by molar-refractivity contribution is 8.00. The van der Waals surface area contributed by atoms with E-state index in [1.807, 2.05) is 22.9 Å². The third-order valence-corrected chi connectivity index (χ3v) is 7.73. The molecule has 4 heterocycles. The molecule has 0 unspecified atom stereocenters. The molecule has 9 nitrogen and oxygen atoms in total. The fourth-order valence-electron chi connectivity index (χ4n) is 4.68. The van der Waals surface area contributed by atoms with Gasteiger partial charge in [-0.3, -0.25) is 14.5 Å². The fourth-order valence-corrected chi connectivity index (χ4v) is 5.87. The first-order chi connectivity index (χ1) is 17.9. The van der Waals surface area contributed by atoms with E-state index in [2.05, 4.69) is 46.9 Å². The van der Waals surface area contributed by atoms with Gasteiger partial charge < -0.3 is 19.2 Å². The molecule has 0 fully saturated rings. The molecule has 1 aromatic carbocycles. The highest BCUT2D eigenvalue weighted by Crippen LogP contribution is 2.50. The van der Waals surface area contributed by atoms with E-state index in [4.69, 9.17) is 19.0 Å². The number of rotatable bonds is 5. The van der Waals surface area contributed by atoms with Crippen LogP contribution in [0.5, 0.6) is 11.5 Å². The number of anilines is 1. The van der Waals surface area contributed by atoms with Gasteiger partial charge in [0.05, 0.1) is 35.0 Å². The van der Waals surface area contributed by atoms with Crippen molar-refractivity contribution >= 4 is 29.4 Å². The topological polar surface area (TPSA) is 98.8 Å². The van der Waals surface area contributed by atoms with Crippen LogP contribution in [0.3, 0.4) is 0 Å². The summed E-state index contributed by atoms with van der Waals surface area (Å²) in [6, 6.07) is 9.49. The van der Waals surface area contributed by atoms with Gasteiger partial charge in [-0.05, 0) is 50.6 Å². The third kappa shape index (κ3) is 5.01. The zero-order chi connectivity index (χ0) is 27.2. The Kier molecular flexibility index (Phi) is 6.71. The molecular formula is C28H34N4O5S. The number of ether oxygens (including phenoxy) is 2. The van der Waals surface area contributed by atoms with Crippen molar-refractivity contribution in [3.05, 3.63) is 59.2 Å². The van der Waals surface area contributed by atoms with Gasteiger partial charge in [-0.2, -0.15) is 5.10 Å². The zero-order valence-corrected chi connectivity index (χ0v) is 23.5. The summed E-state index contributed by atoms with van der Waals surface area (Å²) in [6.45, 7) is 12.9. The second-order valence-corrected chi connectivity index (χ2v) is 12.7. The van der Waals surface area contributed by atoms with Gasteiger partial charge in [-0.15, -0.1) is 11.8 Å². The molecule has 1 N–H and O–H groups in total. The summed E-state index contributed by atoms with van der Waals surface area (Å²) in [6.07, 6.45) is 1.56. The predicted molar refractivity (Wildman–Crippen MR) is 146 cm³/mol. The molecule has 2 aromatic heterocycles. The molecule has 0 aliphatic carbocycles. The normalized spacial score (nSPS) is 17.4. The average Bonchev–Trinajstić information content (AvgIpc) is 3.58. The summed E-state index contributed by atoms with van der Waals surface area (Å²) in [5.74, 6) is 2.51. The number of carbonyl (C=O) groups excluding carboxylic acids is 2. The van der Waals surface area contributed by atoms with E-state index < -0.39 is 5.54 Å². The van der Waals surface area contributed by atoms with Crippen molar-refractivity contribution in [1.29, 1.82) is 0 Å². The number of furan rings is 1. The van der Waals surface area contributed by atoms with Crippen LogP contribution in [-0.4, -0.2) is 40.7 Å². The van der Waals surface area contributed by atoms with Gasteiger partial charge in [0.2, 0.25) is 18.6 Å². The fraction of sp³-hybridized carbons (Fsp3) is 0.464. The standard InChI is InChI=1S/C28H34N4O5S/c1-27(2,3)25-23-24(17-9-10-19-20(12-17)37-16-36-19)38-15-22(34)31(26(23)32(30-25)28(4,5)6)14-21(33)29-13-18-8-7-11-35-18/h7-12,24H,13-16H2,1-6H3,(H,29,33)/t24-/m1/s1. The number of hydrogen-bond donors (Lipinski definition) is 1. The number of amides is 2. The van der Waals surface area contributed by atoms with Crippen molar-refractivity contribution in [2.45, 2.75) is 64.3 Å². The number of thioether (sulfide) groups is 1. The van der Waals surface area contributed by atoms with Crippen LogP contribution in [0.4, 0.5) is 5.82 Å². The van der Waals surface area contributed by atoms with Crippen molar-refractivity contribution in [3.8, 4) is 11.5 Å². The lowest BCUT2D eigenvalue weighted by Gasteiger charge is -2.28. The molecule has 10 heteroatoms. The monoisotopic (exact) mass is 538 g/mol. The van der Waals surface area contributed by atoms with Gasteiger partial charge in [0.1, 0.15) is 18.1 Å². The summed E-state index contributed by atoms with van der Waals surface area (Å²) in [5.41, 5.74) is 2.09. The Hall–Kier alpha value is -3.40. The number of nitrogens with one attached hydrogen (secondary N) is 1. The van der Waals surface area contributed by atoms with Crippen molar-refractivity contribution in [1.82, 2.24) is 15.1 Å². The maximum Gasteiger partial charge on any atom is 0.240 e. The largest absolute Gasteiger partial charge is 0.467 e. The maximum absolute atomic E-state index is 13.7. The highest BCUT2D eigenvalue weighted by Gasteiger charge is 2.41. The molecule has 2 aliphatic rings. The van der Waals surface area contributed by atoms with Crippen LogP contribution in [0.1, 0.15) is 69.4 Å². The summed E-state index contributed by atoms with van der Waals surface area (Å²) >= 11 is 1.54. The van der Waals surface area contributed by atoms with E-state index in [1.165, 1.54) is 0 Å². The summed E-state index contributed by atoms with van der Waals surface area (Å²) in [5, 5.41) is 7.80. The van der Waals surface area contributed by atoms with Crippen LogP contribution in [0.25, 0.3) is 0 Å². The third-order valence-electron chi connectivity index (χ3n) is 6.48. The van der Waals surface area contributed by atoms with E-state index in [1.54, 1.807) is 35.1 Å². The summed E-state index contributed by atoms with van der Waals surface area (Å²) < 4.78 is 18.4. The van der Waals surface area contributed by atoms with Crippen molar-refractivity contribution in [3.63, 3.8) is 0 Å². The first kappa shape index (κ1) is 26.2. The molecule has 0 saturated heterocycles. The first-order valence-corrected chi connectivity index (χ1v) is 13.7. The Balaban J connectivity index is 1.62. The van der Waals surface area contributed by atoms with Gasteiger partial charge in [-0.1, -0.05) is 26.8 Å². The second kappa shape index (κ2) is 9.72. The quantitative estimate of drug-likeness (QED) is 0.501. The van der Waals surface area contributed by atoms with Crippen molar-refractivity contribution in [2.75, 3.05) is 24.0 Å². The smallest absolute Gasteiger partial charge is 0.240 e. The van der Waals surface area contributed by atoms with Crippen LogP contribution < -0.4 is 19.7 Å². The lowest BCUT2D eigenvalue weighted by Crippen LogP contribution is -2.43. The van der Waals surface area contributed by atoms with Crippen LogP contribution in [0, 0.1) is 0 Å². The number of nitrogens with zero attached hydrogens (tertiary/aromatic N) is 3. The van der Waals surface area contributed by atoms with E-state index in [9.17, 15) is 9.59 Å². The molecule has 202 valence electrons. The van der Waals surface area contributed by atoms with Crippen LogP contribution in [-0.2, 0) is 27.1 Å². The summed E-state index contributed by atoms with van der Waals surface area (Å²) in [7, 11) is 0. The van der Waals surface area contributed by atoms with Crippen LogP contribution in [0.15, 0.2) is 41.0 Å². The number of hydrogen-bond acceptors (Lipinski definition) is 7. The average molecular weight is 539 g/mol. The lowest BCUT2D eigenvalue weighted by atomic mass is 9.87. The van der Waals surface area contributed by atoms with E-state index >= 15 is 0 Å². The van der Waals surface area contributed by atoms with Gasteiger partial charge in [0.15, 0.2) is 11.5 Å². The molecule has 2 amide bonds. The Morgan fingerprint density at radius 1 is 1.13 bits per heavy atom. The lowest BCUT2D eigenvalue weighted by molar-refractivity contribution is -0.123. The minimum absolute atomic E-state index is 0.119. The van der Waals surface area contributed by atoms with E-state index in [-0.39, 0.29) is 48.1 Å². The molecular weight excluding hydrogens is 504 g/mol. The number of aromatic nitrogens is 2.